The number of alkyl halides is 3. The van der Waals surface area contributed by atoms with Crippen LogP contribution in [0.3, 0.4) is 0 Å². The van der Waals surface area contributed by atoms with Crippen LogP contribution in [0, 0.1) is 0 Å². The SMILES string of the molecule is C=C(C)C(=O)OCC(CCNSC(F)(F)F)OC(=O)C(=C)C. The molecule has 0 saturated heterocycles. The van der Waals surface area contributed by atoms with E-state index in [1.807, 2.05) is 0 Å². The van der Waals surface area contributed by atoms with Crippen molar-refractivity contribution in [3.63, 3.8) is 0 Å². The predicted octanol–water partition coefficient (Wildman–Crippen LogP) is 2.74. The van der Waals surface area contributed by atoms with Crippen LogP contribution in [0.2, 0.25) is 0 Å². The second-order valence-electron chi connectivity index (χ2n) is 4.42. The average molecular weight is 341 g/mol. The molecule has 0 aliphatic heterocycles. The van der Waals surface area contributed by atoms with E-state index in [1.165, 1.54) is 13.8 Å². The van der Waals surface area contributed by atoms with Crippen molar-refractivity contribution >= 4 is 23.9 Å². The van der Waals surface area contributed by atoms with E-state index in [0.29, 0.717) is 0 Å². The number of ether oxygens (including phenoxy) is 2. The molecule has 0 rings (SSSR count). The Morgan fingerprint density at radius 1 is 1.18 bits per heavy atom. The van der Waals surface area contributed by atoms with Crippen LogP contribution >= 0.6 is 11.9 Å². The molecule has 0 fully saturated rings. The summed E-state index contributed by atoms with van der Waals surface area (Å²) in [6, 6.07) is 0. The highest BCUT2D eigenvalue weighted by atomic mass is 32.2. The minimum Gasteiger partial charge on any atom is -0.458 e. The maximum absolute atomic E-state index is 12.0. The highest BCUT2D eigenvalue weighted by Crippen LogP contribution is 2.27. The van der Waals surface area contributed by atoms with Gasteiger partial charge in [0, 0.05) is 36.1 Å². The number of hydrogen-bond acceptors (Lipinski definition) is 6. The predicted molar refractivity (Wildman–Crippen MR) is 76.7 cm³/mol. The van der Waals surface area contributed by atoms with Crippen LogP contribution in [0.4, 0.5) is 13.2 Å². The quantitative estimate of drug-likeness (QED) is 0.301. The van der Waals surface area contributed by atoms with Gasteiger partial charge >= 0.3 is 17.4 Å². The Morgan fingerprint density at radius 3 is 2.18 bits per heavy atom. The van der Waals surface area contributed by atoms with E-state index < -0.39 is 35.5 Å². The largest absolute Gasteiger partial charge is 0.458 e. The Hall–Kier alpha value is -1.48. The van der Waals surface area contributed by atoms with Gasteiger partial charge in [-0.3, -0.25) is 4.72 Å². The van der Waals surface area contributed by atoms with E-state index in [9.17, 15) is 22.8 Å². The fourth-order valence-electron chi connectivity index (χ4n) is 1.07. The van der Waals surface area contributed by atoms with Crippen LogP contribution in [-0.2, 0) is 19.1 Å². The first kappa shape index (κ1) is 20.5. The molecule has 1 unspecified atom stereocenters. The van der Waals surface area contributed by atoms with Crippen molar-refractivity contribution in [2.24, 2.45) is 0 Å². The number of esters is 2. The third-order valence-corrected chi connectivity index (χ3v) is 2.71. The number of halogens is 3. The van der Waals surface area contributed by atoms with Gasteiger partial charge in [0.05, 0.1) is 0 Å². The zero-order valence-electron chi connectivity index (χ0n) is 12.3. The molecule has 22 heavy (non-hydrogen) atoms. The van der Waals surface area contributed by atoms with E-state index in [-0.39, 0.29) is 30.7 Å². The van der Waals surface area contributed by atoms with Gasteiger partial charge in [-0.2, -0.15) is 13.2 Å². The zero-order valence-corrected chi connectivity index (χ0v) is 13.1. The molecule has 9 heteroatoms. The summed E-state index contributed by atoms with van der Waals surface area (Å²) in [5.74, 6) is -1.38. The van der Waals surface area contributed by atoms with Crippen molar-refractivity contribution < 1.29 is 32.2 Å². The molecule has 1 N–H and O–H groups in total. The lowest BCUT2D eigenvalue weighted by molar-refractivity contribution is -0.154. The van der Waals surface area contributed by atoms with Crippen molar-refractivity contribution in [1.29, 1.82) is 0 Å². The molecule has 0 saturated carbocycles. The van der Waals surface area contributed by atoms with Crippen molar-refractivity contribution in [1.82, 2.24) is 4.72 Å². The van der Waals surface area contributed by atoms with Crippen LogP contribution in [-0.4, -0.2) is 36.7 Å². The lowest BCUT2D eigenvalue weighted by atomic mass is 10.2. The van der Waals surface area contributed by atoms with E-state index in [1.54, 1.807) is 0 Å². The molecule has 0 aliphatic carbocycles. The lowest BCUT2D eigenvalue weighted by Crippen LogP contribution is -2.29. The fraction of sp³-hybridized carbons (Fsp3) is 0.538. The molecule has 0 radical (unpaired) electrons. The van der Waals surface area contributed by atoms with Crippen LogP contribution in [0.15, 0.2) is 24.3 Å². The summed E-state index contributed by atoms with van der Waals surface area (Å²) in [4.78, 5) is 22.7. The summed E-state index contributed by atoms with van der Waals surface area (Å²) < 4.78 is 47.8. The van der Waals surface area contributed by atoms with Gasteiger partial charge in [-0.1, -0.05) is 13.2 Å². The topological polar surface area (TPSA) is 64.6 Å². The Labute approximate surface area is 131 Å². The van der Waals surface area contributed by atoms with Crippen LogP contribution < -0.4 is 4.72 Å². The molecule has 0 spiro atoms. The molecule has 0 heterocycles. The standard InChI is InChI=1S/C13H18F3NO4S/c1-8(2)11(18)20-7-10(21-12(19)9(3)4)5-6-17-22-13(14,15)16/h10,17H,1,3,5-7H2,2,4H3. The van der Waals surface area contributed by atoms with Gasteiger partial charge in [0.15, 0.2) is 0 Å². The molecule has 0 amide bonds. The maximum atomic E-state index is 12.0. The molecular weight excluding hydrogens is 323 g/mol. The molecule has 0 aromatic carbocycles. The van der Waals surface area contributed by atoms with E-state index in [2.05, 4.69) is 17.9 Å². The first-order valence-corrected chi connectivity index (χ1v) is 7.01. The third kappa shape index (κ3) is 10.3. The third-order valence-electron chi connectivity index (χ3n) is 2.13. The highest BCUT2D eigenvalue weighted by molar-refractivity contribution is 7.98. The van der Waals surface area contributed by atoms with Gasteiger partial charge < -0.3 is 9.47 Å². The van der Waals surface area contributed by atoms with Gasteiger partial charge in [-0.05, 0) is 13.8 Å². The van der Waals surface area contributed by atoms with Crippen LogP contribution in [0.5, 0.6) is 0 Å². The number of rotatable bonds is 9. The van der Waals surface area contributed by atoms with Gasteiger partial charge in [0.2, 0.25) is 0 Å². The normalized spacial score (nSPS) is 12.4. The van der Waals surface area contributed by atoms with E-state index in [0.717, 1.165) is 0 Å². The Kier molecular flexibility index (Phi) is 8.88. The molecule has 0 aliphatic rings. The van der Waals surface area contributed by atoms with Crippen molar-refractivity contribution in [3.05, 3.63) is 24.3 Å². The Morgan fingerprint density at radius 2 is 1.73 bits per heavy atom. The summed E-state index contributed by atoms with van der Waals surface area (Å²) in [6.45, 7) is 9.28. The summed E-state index contributed by atoms with van der Waals surface area (Å²) >= 11 is -0.400. The maximum Gasteiger partial charge on any atom is 0.456 e. The van der Waals surface area contributed by atoms with Crippen molar-refractivity contribution in [2.75, 3.05) is 13.2 Å². The molecule has 0 aromatic heterocycles. The van der Waals surface area contributed by atoms with Gasteiger partial charge in [-0.15, -0.1) is 0 Å². The second-order valence-corrected chi connectivity index (χ2v) is 5.37. The van der Waals surface area contributed by atoms with Gasteiger partial charge in [0.1, 0.15) is 12.7 Å². The van der Waals surface area contributed by atoms with Crippen LogP contribution in [0.25, 0.3) is 0 Å². The van der Waals surface area contributed by atoms with Gasteiger partial charge in [0.25, 0.3) is 0 Å². The minimum atomic E-state index is -4.41. The molecule has 0 aromatic rings. The first-order valence-electron chi connectivity index (χ1n) is 6.19. The van der Waals surface area contributed by atoms with Crippen molar-refractivity contribution in [3.8, 4) is 0 Å². The van der Waals surface area contributed by atoms with E-state index >= 15 is 0 Å². The molecule has 126 valence electrons. The Balaban J connectivity index is 4.39. The highest BCUT2D eigenvalue weighted by Gasteiger charge is 2.28. The lowest BCUT2D eigenvalue weighted by Gasteiger charge is -2.18. The minimum absolute atomic E-state index is 0.0333. The number of hydrogen-bond donors (Lipinski definition) is 1. The van der Waals surface area contributed by atoms with E-state index in [4.69, 9.17) is 9.47 Å². The van der Waals surface area contributed by atoms with Crippen LogP contribution in [0.1, 0.15) is 20.3 Å². The number of nitrogens with one attached hydrogen (secondary N) is 1. The number of carbonyl (C=O) groups is 2. The molecular formula is C13H18F3NO4S. The smallest absolute Gasteiger partial charge is 0.456 e. The van der Waals surface area contributed by atoms with Gasteiger partial charge in [-0.25, -0.2) is 9.59 Å². The average Bonchev–Trinajstić information content (AvgIpc) is 2.38. The summed E-state index contributed by atoms with van der Waals surface area (Å²) in [5, 5.41) is 0. The molecule has 5 nitrogen and oxygen atoms in total. The monoisotopic (exact) mass is 341 g/mol. The summed E-state index contributed by atoms with van der Waals surface area (Å²) in [6.07, 6.45) is -0.847. The Bertz CT molecular complexity index is 437. The zero-order chi connectivity index (χ0) is 17.3. The first-order chi connectivity index (χ1) is 10.0. The summed E-state index contributed by atoms with van der Waals surface area (Å²) in [5.41, 5.74) is -4.11. The number of carbonyl (C=O) groups excluding carboxylic acids is 2. The second kappa shape index (κ2) is 9.52. The molecule has 0 bridgehead atoms. The fourth-order valence-corrected chi connectivity index (χ4v) is 1.46. The molecule has 1 atom stereocenters. The summed E-state index contributed by atoms with van der Waals surface area (Å²) in [7, 11) is 0. The van der Waals surface area contributed by atoms with Crippen molar-refractivity contribution in [2.45, 2.75) is 31.9 Å².